The second-order valence-corrected chi connectivity index (χ2v) is 5.01. The fraction of sp³-hybridized carbons (Fsp3) is 0.0588. The number of nitrogen functional groups attached to an aromatic ring is 1. The first-order valence-electron chi connectivity index (χ1n) is 7.63. The van der Waals surface area contributed by atoms with Crippen LogP contribution in [0.25, 0.3) is 0 Å². The topological polar surface area (TPSA) is 124 Å². The van der Waals surface area contributed by atoms with Crippen molar-refractivity contribution >= 4 is 17.4 Å². The molecule has 0 saturated heterocycles. The van der Waals surface area contributed by atoms with E-state index in [1.54, 1.807) is 30.5 Å². The van der Waals surface area contributed by atoms with Crippen molar-refractivity contribution in [2.45, 2.75) is 0 Å². The van der Waals surface area contributed by atoms with Crippen LogP contribution in [0.5, 0.6) is 17.4 Å². The molecule has 2 aromatic heterocycles. The number of carbonyl (C=O) groups excluding carboxylic acids is 1. The van der Waals surface area contributed by atoms with Crippen molar-refractivity contribution in [2.24, 2.45) is 0 Å². The lowest BCUT2D eigenvalue weighted by molar-refractivity contribution is -0.122. The van der Waals surface area contributed by atoms with Gasteiger partial charge in [0, 0.05) is 6.20 Å². The lowest BCUT2D eigenvalue weighted by Crippen LogP contribution is -2.34. The molecule has 1 amide bonds. The Bertz CT molecular complexity index is 861. The molecule has 0 aliphatic carbocycles. The van der Waals surface area contributed by atoms with Gasteiger partial charge in [0.05, 0.1) is 6.20 Å². The number of pyridine rings is 1. The lowest BCUT2D eigenvalue weighted by Gasteiger charge is -2.12. The van der Waals surface area contributed by atoms with Gasteiger partial charge in [-0.1, -0.05) is 18.2 Å². The molecule has 0 bridgehead atoms. The predicted octanol–water partition coefficient (Wildman–Crippen LogP) is 1.77. The number of carbonyl (C=O) groups is 1. The molecule has 0 aliphatic heterocycles. The number of benzene rings is 1. The van der Waals surface area contributed by atoms with Crippen molar-refractivity contribution < 1.29 is 14.3 Å². The van der Waals surface area contributed by atoms with Crippen molar-refractivity contribution in [1.29, 1.82) is 0 Å². The number of nitrogens with two attached hydrogens (primary N) is 1. The van der Waals surface area contributed by atoms with Gasteiger partial charge in [-0.25, -0.2) is 4.98 Å². The molecule has 4 N–H and O–H groups in total. The Morgan fingerprint density at radius 1 is 1.08 bits per heavy atom. The zero-order chi connectivity index (χ0) is 18.2. The van der Waals surface area contributed by atoms with Crippen LogP contribution in [0.15, 0.2) is 61.2 Å². The third-order valence-electron chi connectivity index (χ3n) is 3.13. The maximum absolute atomic E-state index is 11.9. The summed E-state index contributed by atoms with van der Waals surface area (Å²) >= 11 is 0. The summed E-state index contributed by atoms with van der Waals surface area (Å²) < 4.78 is 10.9. The quantitative estimate of drug-likeness (QED) is 0.550. The van der Waals surface area contributed by atoms with Gasteiger partial charge in [0.2, 0.25) is 5.88 Å². The number of hydrogen-bond acceptors (Lipinski definition) is 8. The first-order valence-corrected chi connectivity index (χ1v) is 7.63. The lowest BCUT2D eigenvalue weighted by atomic mass is 10.3. The van der Waals surface area contributed by atoms with Gasteiger partial charge >= 0.3 is 0 Å². The zero-order valence-electron chi connectivity index (χ0n) is 13.6. The van der Waals surface area contributed by atoms with Crippen LogP contribution in [-0.4, -0.2) is 27.5 Å². The predicted molar refractivity (Wildman–Crippen MR) is 94.5 cm³/mol. The number of amides is 1. The molecule has 0 radical (unpaired) electrons. The minimum absolute atomic E-state index is 0.139. The fourth-order valence-corrected chi connectivity index (χ4v) is 1.91. The van der Waals surface area contributed by atoms with Crippen LogP contribution in [-0.2, 0) is 4.79 Å². The Morgan fingerprint density at radius 2 is 1.88 bits per heavy atom. The van der Waals surface area contributed by atoms with E-state index in [0.717, 1.165) is 0 Å². The van der Waals surface area contributed by atoms with Crippen molar-refractivity contribution in [3.63, 3.8) is 0 Å². The van der Waals surface area contributed by atoms with Crippen LogP contribution in [0.3, 0.4) is 0 Å². The maximum atomic E-state index is 11.9. The molecule has 0 fully saturated rings. The van der Waals surface area contributed by atoms with E-state index in [9.17, 15) is 4.79 Å². The highest BCUT2D eigenvalue weighted by Crippen LogP contribution is 2.28. The van der Waals surface area contributed by atoms with Crippen molar-refractivity contribution in [2.75, 3.05) is 17.8 Å². The fourth-order valence-electron chi connectivity index (χ4n) is 1.91. The van der Waals surface area contributed by atoms with Gasteiger partial charge in [0.1, 0.15) is 23.5 Å². The minimum Gasteiger partial charge on any atom is -0.484 e. The van der Waals surface area contributed by atoms with Crippen molar-refractivity contribution in [1.82, 2.24) is 20.4 Å². The number of nitrogens with zero attached hydrogens (tertiary/aromatic N) is 3. The van der Waals surface area contributed by atoms with Crippen LogP contribution in [0.2, 0.25) is 0 Å². The molecule has 1 aromatic carbocycles. The van der Waals surface area contributed by atoms with E-state index in [4.69, 9.17) is 15.2 Å². The van der Waals surface area contributed by atoms with E-state index in [0.29, 0.717) is 11.5 Å². The Labute approximate surface area is 149 Å². The number of para-hydroxylation sites is 1. The summed E-state index contributed by atoms with van der Waals surface area (Å²) in [5.41, 5.74) is 11.2. The largest absolute Gasteiger partial charge is 0.484 e. The van der Waals surface area contributed by atoms with Gasteiger partial charge in [0.15, 0.2) is 12.4 Å². The smallest absolute Gasteiger partial charge is 0.276 e. The van der Waals surface area contributed by atoms with Crippen molar-refractivity contribution in [3.8, 4) is 17.4 Å². The molecule has 2 heterocycles. The molecule has 9 heteroatoms. The standard InChI is InChI=1S/C17H16N6O3/c18-15-16(20-11-21-17(15)26-13-7-4-8-19-9-13)23-22-14(24)10-25-12-5-2-1-3-6-12/h1-9,11H,10,18H2,(H,22,24)(H,20,21,23). The van der Waals surface area contributed by atoms with E-state index in [1.807, 2.05) is 18.2 Å². The number of anilines is 2. The summed E-state index contributed by atoms with van der Waals surface area (Å²) in [5.74, 6) is 1.01. The van der Waals surface area contributed by atoms with Crippen LogP contribution in [0.4, 0.5) is 11.5 Å². The van der Waals surface area contributed by atoms with E-state index in [1.165, 1.54) is 12.5 Å². The molecular formula is C17H16N6O3. The molecule has 3 aromatic rings. The summed E-state index contributed by atoms with van der Waals surface area (Å²) in [4.78, 5) is 23.7. The Morgan fingerprint density at radius 3 is 2.65 bits per heavy atom. The van der Waals surface area contributed by atoms with Gasteiger partial charge in [-0.2, -0.15) is 4.98 Å². The molecule has 0 saturated carbocycles. The van der Waals surface area contributed by atoms with Crippen molar-refractivity contribution in [3.05, 3.63) is 61.2 Å². The minimum atomic E-state index is -0.401. The van der Waals surface area contributed by atoms with Crippen LogP contribution < -0.4 is 26.1 Å². The summed E-state index contributed by atoms with van der Waals surface area (Å²) in [5, 5.41) is 0. The van der Waals surface area contributed by atoms with Crippen LogP contribution >= 0.6 is 0 Å². The molecule has 0 atom stereocenters. The maximum Gasteiger partial charge on any atom is 0.276 e. The number of aromatic nitrogens is 3. The number of nitrogens with one attached hydrogen (secondary N) is 2. The van der Waals surface area contributed by atoms with Gasteiger partial charge < -0.3 is 15.2 Å². The molecule has 0 unspecified atom stereocenters. The molecule has 0 aliphatic rings. The molecule has 132 valence electrons. The van der Waals surface area contributed by atoms with Crippen LogP contribution in [0.1, 0.15) is 0 Å². The molecule has 3 rings (SSSR count). The Balaban J connectivity index is 1.56. The van der Waals surface area contributed by atoms with E-state index < -0.39 is 5.91 Å². The Kier molecular flexibility index (Phi) is 5.41. The molecule has 9 nitrogen and oxygen atoms in total. The highest BCUT2D eigenvalue weighted by Gasteiger charge is 2.11. The van der Waals surface area contributed by atoms with Gasteiger partial charge in [-0.15, -0.1) is 0 Å². The number of hydrazine groups is 1. The van der Waals surface area contributed by atoms with E-state index in [2.05, 4.69) is 25.8 Å². The third kappa shape index (κ3) is 4.57. The Hall–Kier alpha value is -3.88. The SMILES string of the molecule is Nc1c(NNC(=O)COc2ccccc2)ncnc1Oc1cccnc1. The van der Waals surface area contributed by atoms with Gasteiger partial charge in [-0.05, 0) is 24.3 Å². The summed E-state index contributed by atoms with van der Waals surface area (Å²) in [6.07, 6.45) is 4.41. The van der Waals surface area contributed by atoms with Crippen LogP contribution in [0, 0.1) is 0 Å². The second kappa shape index (κ2) is 8.29. The molecular weight excluding hydrogens is 336 g/mol. The number of hydrogen-bond donors (Lipinski definition) is 3. The zero-order valence-corrected chi connectivity index (χ0v) is 13.6. The first kappa shape index (κ1) is 17.0. The van der Waals surface area contributed by atoms with E-state index in [-0.39, 0.29) is 24.0 Å². The van der Waals surface area contributed by atoms with Gasteiger partial charge in [-0.3, -0.25) is 20.6 Å². The highest BCUT2D eigenvalue weighted by molar-refractivity contribution is 5.80. The third-order valence-corrected chi connectivity index (χ3v) is 3.13. The second-order valence-electron chi connectivity index (χ2n) is 5.01. The summed E-state index contributed by atoms with van der Waals surface area (Å²) in [6, 6.07) is 12.4. The first-order chi connectivity index (χ1) is 12.7. The monoisotopic (exact) mass is 352 g/mol. The summed E-state index contributed by atoms with van der Waals surface area (Å²) in [7, 11) is 0. The normalized spacial score (nSPS) is 10.0. The number of rotatable bonds is 7. The molecule has 26 heavy (non-hydrogen) atoms. The van der Waals surface area contributed by atoms with E-state index >= 15 is 0 Å². The average molecular weight is 352 g/mol. The summed E-state index contributed by atoms with van der Waals surface area (Å²) in [6.45, 7) is -0.166. The van der Waals surface area contributed by atoms with Gasteiger partial charge in [0.25, 0.3) is 5.91 Å². The molecule has 0 spiro atoms. The average Bonchev–Trinajstić information content (AvgIpc) is 2.69. The number of ether oxygens (including phenoxy) is 2. The highest BCUT2D eigenvalue weighted by atomic mass is 16.5.